The highest BCUT2D eigenvalue weighted by Gasteiger charge is 2.27. The van der Waals surface area contributed by atoms with Crippen LogP contribution in [0.5, 0.6) is 0 Å². The van der Waals surface area contributed by atoms with Gasteiger partial charge in [-0.05, 0) is 36.6 Å². The number of anilines is 1. The van der Waals surface area contributed by atoms with Gasteiger partial charge < -0.3 is 5.32 Å². The quantitative estimate of drug-likeness (QED) is 0.907. The number of carbonyl (C=O) groups is 1. The second kappa shape index (κ2) is 7.15. The van der Waals surface area contributed by atoms with Crippen molar-refractivity contribution in [2.24, 2.45) is 0 Å². The molecule has 0 unspecified atom stereocenters. The van der Waals surface area contributed by atoms with Crippen LogP contribution in [0.2, 0.25) is 0 Å². The number of benzene rings is 2. The number of hydrogen-bond acceptors (Lipinski definition) is 3. The largest absolute Gasteiger partial charge is 0.326 e. The van der Waals surface area contributed by atoms with Crippen molar-refractivity contribution in [2.75, 3.05) is 18.4 Å². The van der Waals surface area contributed by atoms with Crippen LogP contribution in [-0.2, 0) is 21.2 Å². The molecule has 24 heavy (non-hydrogen) atoms. The van der Waals surface area contributed by atoms with E-state index in [1.54, 1.807) is 18.2 Å². The standard InChI is InChI=1S/C18H20N2O3S/c21-18(13-15-7-2-1-3-8-15)19-16-9-6-10-17(14-16)24(22,23)20-11-4-5-12-20/h1-3,6-10,14H,4-5,11-13H2,(H,19,21). The van der Waals surface area contributed by atoms with Gasteiger partial charge in [0.2, 0.25) is 15.9 Å². The molecule has 2 aromatic carbocycles. The smallest absolute Gasteiger partial charge is 0.243 e. The number of carbonyl (C=O) groups excluding carboxylic acids is 1. The first-order chi connectivity index (χ1) is 11.6. The van der Waals surface area contributed by atoms with Gasteiger partial charge in [0.15, 0.2) is 0 Å². The molecule has 6 heteroatoms. The van der Waals surface area contributed by atoms with Gasteiger partial charge in [-0.15, -0.1) is 0 Å². The van der Waals surface area contributed by atoms with E-state index in [4.69, 9.17) is 0 Å². The zero-order chi connectivity index (χ0) is 17.0. The molecule has 0 radical (unpaired) electrons. The molecule has 3 rings (SSSR count). The minimum absolute atomic E-state index is 0.170. The molecular weight excluding hydrogens is 324 g/mol. The maximum Gasteiger partial charge on any atom is 0.243 e. The molecule has 0 saturated carbocycles. The first-order valence-electron chi connectivity index (χ1n) is 8.00. The van der Waals surface area contributed by atoms with Gasteiger partial charge in [0.05, 0.1) is 11.3 Å². The number of sulfonamides is 1. The molecule has 126 valence electrons. The lowest BCUT2D eigenvalue weighted by atomic mass is 10.1. The van der Waals surface area contributed by atoms with E-state index in [0.717, 1.165) is 18.4 Å². The molecule has 1 aliphatic rings. The summed E-state index contributed by atoms with van der Waals surface area (Å²) in [7, 11) is -3.47. The van der Waals surface area contributed by atoms with E-state index in [9.17, 15) is 13.2 Å². The van der Waals surface area contributed by atoms with Crippen LogP contribution in [0, 0.1) is 0 Å². The third-order valence-corrected chi connectivity index (χ3v) is 5.92. The Balaban J connectivity index is 1.72. The Morgan fingerprint density at radius 1 is 1.00 bits per heavy atom. The predicted molar refractivity (Wildman–Crippen MR) is 93.2 cm³/mol. The van der Waals surface area contributed by atoms with E-state index >= 15 is 0 Å². The molecular formula is C18H20N2O3S. The topological polar surface area (TPSA) is 66.5 Å². The third-order valence-electron chi connectivity index (χ3n) is 4.03. The summed E-state index contributed by atoms with van der Waals surface area (Å²) in [5.41, 5.74) is 1.41. The lowest BCUT2D eigenvalue weighted by Crippen LogP contribution is -2.28. The van der Waals surface area contributed by atoms with Crippen LogP contribution >= 0.6 is 0 Å². The van der Waals surface area contributed by atoms with E-state index in [1.165, 1.54) is 10.4 Å². The molecule has 0 atom stereocenters. The molecule has 1 amide bonds. The van der Waals surface area contributed by atoms with Gasteiger partial charge in [0.1, 0.15) is 0 Å². The number of nitrogens with one attached hydrogen (secondary N) is 1. The Kier molecular flexibility index (Phi) is 4.97. The lowest BCUT2D eigenvalue weighted by Gasteiger charge is -2.16. The zero-order valence-corrected chi connectivity index (χ0v) is 14.1. The minimum atomic E-state index is -3.47. The van der Waals surface area contributed by atoms with Crippen molar-refractivity contribution in [3.8, 4) is 0 Å². The van der Waals surface area contributed by atoms with E-state index < -0.39 is 10.0 Å². The summed E-state index contributed by atoms with van der Waals surface area (Å²) < 4.78 is 26.7. The third kappa shape index (κ3) is 3.83. The van der Waals surface area contributed by atoms with E-state index in [-0.39, 0.29) is 17.2 Å². The van der Waals surface area contributed by atoms with Crippen molar-refractivity contribution in [3.63, 3.8) is 0 Å². The fourth-order valence-electron chi connectivity index (χ4n) is 2.80. The first kappa shape index (κ1) is 16.7. The molecule has 1 saturated heterocycles. The fourth-order valence-corrected chi connectivity index (χ4v) is 4.36. The average Bonchev–Trinajstić information content (AvgIpc) is 3.11. The number of rotatable bonds is 5. The fraction of sp³-hybridized carbons (Fsp3) is 0.278. The summed E-state index contributed by atoms with van der Waals surface area (Å²) in [6.07, 6.45) is 2.05. The Morgan fingerprint density at radius 3 is 2.42 bits per heavy atom. The monoisotopic (exact) mass is 344 g/mol. The van der Waals surface area contributed by atoms with Crippen LogP contribution in [0.4, 0.5) is 5.69 Å². The number of hydrogen-bond donors (Lipinski definition) is 1. The van der Waals surface area contributed by atoms with E-state index in [0.29, 0.717) is 18.8 Å². The second-order valence-corrected chi connectivity index (χ2v) is 7.79. The summed E-state index contributed by atoms with van der Waals surface area (Å²) in [6, 6.07) is 15.9. The second-order valence-electron chi connectivity index (χ2n) is 5.85. The summed E-state index contributed by atoms with van der Waals surface area (Å²) in [5, 5.41) is 2.77. The molecule has 0 spiro atoms. The Morgan fingerprint density at radius 2 is 1.71 bits per heavy atom. The van der Waals surface area contributed by atoms with Crippen LogP contribution in [-0.4, -0.2) is 31.7 Å². The summed E-state index contributed by atoms with van der Waals surface area (Å²) in [6.45, 7) is 1.12. The van der Waals surface area contributed by atoms with Crippen LogP contribution in [0.1, 0.15) is 18.4 Å². The predicted octanol–water partition coefficient (Wildman–Crippen LogP) is 2.65. The number of amides is 1. The van der Waals surface area contributed by atoms with Crippen LogP contribution < -0.4 is 5.32 Å². The normalized spacial score (nSPS) is 15.3. The Bertz CT molecular complexity index is 813. The molecule has 5 nitrogen and oxygen atoms in total. The summed E-state index contributed by atoms with van der Waals surface area (Å²) in [4.78, 5) is 12.4. The highest BCUT2D eigenvalue weighted by atomic mass is 32.2. The van der Waals surface area contributed by atoms with Gasteiger partial charge in [-0.3, -0.25) is 4.79 Å². The first-order valence-corrected chi connectivity index (χ1v) is 9.44. The molecule has 0 bridgehead atoms. The lowest BCUT2D eigenvalue weighted by molar-refractivity contribution is -0.115. The molecule has 1 N–H and O–H groups in total. The van der Waals surface area contributed by atoms with Crippen LogP contribution in [0.15, 0.2) is 59.5 Å². The minimum Gasteiger partial charge on any atom is -0.326 e. The highest BCUT2D eigenvalue weighted by Crippen LogP contribution is 2.23. The van der Waals surface area contributed by atoms with Gasteiger partial charge in [0.25, 0.3) is 0 Å². The number of nitrogens with zero attached hydrogens (tertiary/aromatic N) is 1. The SMILES string of the molecule is O=C(Cc1ccccc1)Nc1cccc(S(=O)(=O)N2CCCC2)c1. The van der Waals surface area contributed by atoms with Gasteiger partial charge in [-0.2, -0.15) is 4.31 Å². The van der Waals surface area contributed by atoms with Crippen molar-refractivity contribution >= 4 is 21.6 Å². The van der Waals surface area contributed by atoms with Gasteiger partial charge in [-0.25, -0.2) is 8.42 Å². The van der Waals surface area contributed by atoms with Crippen LogP contribution in [0.3, 0.4) is 0 Å². The van der Waals surface area contributed by atoms with E-state index in [1.807, 2.05) is 30.3 Å². The molecule has 1 fully saturated rings. The van der Waals surface area contributed by atoms with Gasteiger partial charge in [-0.1, -0.05) is 36.4 Å². The maximum atomic E-state index is 12.6. The molecule has 1 aliphatic heterocycles. The highest BCUT2D eigenvalue weighted by molar-refractivity contribution is 7.89. The van der Waals surface area contributed by atoms with Crippen molar-refractivity contribution in [3.05, 3.63) is 60.2 Å². The van der Waals surface area contributed by atoms with Crippen molar-refractivity contribution in [2.45, 2.75) is 24.2 Å². The summed E-state index contributed by atoms with van der Waals surface area (Å²) >= 11 is 0. The maximum absolute atomic E-state index is 12.6. The molecule has 1 heterocycles. The average molecular weight is 344 g/mol. The zero-order valence-electron chi connectivity index (χ0n) is 13.3. The van der Waals surface area contributed by atoms with Crippen LogP contribution in [0.25, 0.3) is 0 Å². The Hall–Kier alpha value is -2.18. The van der Waals surface area contributed by atoms with E-state index in [2.05, 4.69) is 5.32 Å². The molecule has 0 aromatic heterocycles. The van der Waals surface area contributed by atoms with Crippen molar-refractivity contribution in [1.29, 1.82) is 0 Å². The van der Waals surface area contributed by atoms with Crippen molar-refractivity contribution < 1.29 is 13.2 Å². The summed E-state index contributed by atoms with van der Waals surface area (Å²) in [5.74, 6) is -0.170. The van der Waals surface area contributed by atoms with Gasteiger partial charge >= 0.3 is 0 Å². The molecule has 0 aliphatic carbocycles. The van der Waals surface area contributed by atoms with Gasteiger partial charge in [0, 0.05) is 18.8 Å². The molecule has 2 aromatic rings. The Labute approximate surface area is 142 Å². The van der Waals surface area contributed by atoms with Crippen molar-refractivity contribution in [1.82, 2.24) is 4.31 Å².